The summed E-state index contributed by atoms with van der Waals surface area (Å²) < 4.78 is 1.95. The highest BCUT2D eigenvalue weighted by Gasteiger charge is 2.11. The van der Waals surface area contributed by atoms with E-state index in [4.69, 9.17) is 0 Å². The first-order chi connectivity index (χ1) is 9.58. The highest BCUT2D eigenvalue weighted by Crippen LogP contribution is 2.19. The summed E-state index contributed by atoms with van der Waals surface area (Å²) in [6.45, 7) is 6.08. The molecule has 0 aliphatic rings. The van der Waals surface area contributed by atoms with Gasteiger partial charge in [-0.3, -0.25) is 4.79 Å². The van der Waals surface area contributed by atoms with Crippen molar-refractivity contribution in [1.82, 2.24) is 14.8 Å². The van der Waals surface area contributed by atoms with Gasteiger partial charge in [-0.25, -0.2) is 0 Å². The lowest BCUT2D eigenvalue weighted by Crippen LogP contribution is -2.15. The van der Waals surface area contributed by atoms with Crippen molar-refractivity contribution in [1.29, 1.82) is 0 Å². The monoisotopic (exact) mass is 290 g/mol. The SMILES string of the molecule is Cc1ccccc1NC(=O)CSc1nncn1C(C)C. The third-order valence-electron chi connectivity index (χ3n) is 2.85. The predicted molar refractivity (Wildman–Crippen MR) is 80.9 cm³/mol. The molecule has 2 aromatic rings. The molecule has 0 unspecified atom stereocenters. The van der Waals surface area contributed by atoms with Gasteiger partial charge in [-0.1, -0.05) is 30.0 Å². The van der Waals surface area contributed by atoms with Gasteiger partial charge in [0.2, 0.25) is 5.91 Å². The molecule has 1 aromatic carbocycles. The van der Waals surface area contributed by atoms with Crippen LogP contribution in [0, 0.1) is 6.92 Å². The molecule has 0 radical (unpaired) electrons. The highest BCUT2D eigenvalue weighted by molar-refractivity contribution is 7.99. The molecule has 0 aliphatic heterocycles. The first-order valence-electron chi connectivity index (χ1n) is 6.45. The Morgan fingerprint density at radius 1 is 1.40 bits per heavy atom. The number of aromatic nitrogens is 3. The van der Waals surface area contributed by atoms with Gasteiger partial charge in [-0.15, -0.1) is 10.2 Å². The third-order valence-corrected chi connectivity index (χ3v) is 3.81. The summed E-state index contributed by atoms with van der Waals surface area (Å²) in [6, 6.07) is 8.01. The Labute approximate surface area is 122 Å². The van der Waals surface area contributed by atoms with Crippen LogP contribution in [0.15, 0.2) is 35.7 Å². The van der Waals surface area contributed by atoms with Gasteiger partial charge in [0.05, 0.1) is 5.75 Å². The fourth-order valence-electron chi connectivity index (χ4n) is 1.72. The molecule has 1 aromatic heterocycles. The van der Waals surface area contributed by atoms with Crippen LogP contribution in [0.25, 0.3) is 0 Å². The van der Waals surface area contributed by atoms with Crippen molar-refractivity contribution in [3.63, 3.8) is 0 Å². The van der Waals surface area contributed by atoms with E-state index in [9.17, 15) is 4.79 Å². The van der Waals surface area contributed by atoms with Crippen molar-refractivity contribution in [3.05, 3.63) is 36.2 Å². The van der Waals surface area contributed by atoms with Crippen LogP contribution in [0.1, 0.15) is 25.5 Å². The summed E-state index contributed by atoms with van der Waals surface area (Å²) in [5.41, 5.74) is 1.90. The van der Waals surface area contributed by atoms with E-state index < -0.39 is 0 Å². The molecular formula is C14H18N4OS. The second kappa shape index (κ2) is 6.56. The minimum Gasteiger partial charge on any atom is -0.325 e. The Hall–Kier alpha value is -1.82. The molecule has 0 bridgehead atoms. The first kappa shape index (κ1) is 14.6. The number of amides is 1. The van der Waals surface area contributed by atoms with Crippen LogP contribution in [0.4, 0.5) is 5.69 Å². The lowest BCUT2D eigenvalue weighted by atomic mass is 10.2. The van der Waals surface area contributed by atoms with Gasteiger partial charge in [-0.2, -0.15) is 0 Å². The molecule has 1 N–H and O–H groups in total. The zero-order valence-corrected chi connectivity index (χ0v) is 12.6. The van der Waals surface area contributed by atoms with Gasteiger partial charge >= 0.3 is 0 Å². The normalized spacial score (nSPS) is 10.8. The van der Waals surface area contributed by atoms with E-state index in [0.717, 1.165) is 16.4 Å². The van der Waals surface area contributed by atoms with Crippen molar-refractivity contribution in [3.8, 4) is 0 Å². The van der Waals surface area contributed by atoms with Crippen LogP contribution >= 0.6 is 11.8 Å². The zero-order chi connectivity index (χ0) is 14.5. The Balaban J connectivity index is 1.93. The highest BCUT2D eigenvalue weighted by atomic mass is 32.2. The van der Waals surface area contributed by atoms with Crippen molar-refractivity contribution in [2.24, 2.45) is 0 Å². The van der Waals surface area contributed by atoms with Gasteiger partial charge in [0.1, 0.15) is 6.33 Å². The van der Waals surface area contributed by atoms with Crippen LogP contribution in [-0.4, -0.2) is 26.4 Å². The van der Waals surface area contributed by atoms with E-state index in [1.54, 1.807) is 6.33 Å². The summed E-state index contributed by atoms with van der Waals surface area (Å²) in [4.78, 5) is 12.0. The van der Waals surface area contributed by atoms with Crippen molar-refractivity contribution < 1.29 is 4.79 Å². The number of anilines is 1. The van der Waals surface area contributed by atoms with Crippen LogP contribution in [0.3, 0.4) is 0 Å². The molecule has 0 saturated carbocycles. The molecule has 106 valence electrons. The first-order valence-corrected chi connectivity index (χ1v) is 7.44. The summed E-state index contributed by atoms with van der Waals surface area (Å²) in [7, 11) is 0. The van der Waals surface area contributed by atoms with Crippen LogP contribution < -0.4 is 5.32 Å². The minimum atomic E-state index is -0.0393. The Morgan fingerprint density at radius 2 is 2.15 bits per heavy atom. The Bertz CT molecular complexity index is 594. The molecule has 2 rings (SSSR count). The second-order valence-corrected chi connectivity index (χ2v) is 5.71. The standard InChI is InChI=1S/C14H18N4OS/c1-10(2)18-9-15-17-14(18)20-8-13(19)16-12-7-5-4-6-11(12)3/h4-7,9-10H,8H2,1-3H3,(H,16,19). The number of carbonyl (C=O) groups is 1. The molecule has 20 heavy (non-hydrogen) atoms. The molecule has 0 fully saturated rings. The van der Waals surface area contributed by atoms with E-state index in [1.807, 2.05) is 35.8 Å². The van der Waals surface area contributed by atoms with E-state index >= 15 is 0 Å². The number of nitrogens with zero attached hydrogens (tertiary/aromatic N) is 3. The fourth-order valence-corrected chi connectivity index (χ4v) is 2.56. The molecule has 0 saturated heterocycles. The lowest BCUT2D eigenvalue weighted by Gasteiger charge is -2.10. The third kappa shape index (κ3) is 3.60. The molecule has 1 heterocycles. The van der Waals surface area contributed by atoms with Crippen molar-refractivity contribution in [2.75, 3.05) is 11.1 Å². The lowest BCUT2D eigenvalue weighted by molar-refractivity contribution is -0.113. The number of benzene rings is 1. The van der Waals surface area contributed by atoms with Crippen molar-refractivity contribution in [2.45, 2.75) is 32.0 Å². The smallest absolute Gasteiger partial charge is 0.234 e. The van der Waals surface area contributed by atoms with Gasteiger partial charge < -0.3 is 9.88 Å². The summed E-state index contributed by atoms with van der Waals surface area (Å²) >= 11 is 1.39. The molecule has 6 heteroatoms. The van der Waals surface area contributed by atoms with E-state index in [-0.39, 0.29) is 11.9 Å². The van der Waals surface area contributed by atoms with E-state index in [2.05, 4.69) is 29.4 Å². The zero-order valence-electron chi connectivity index (χ0n) is 11.8. The maximum Gasteiger partial charge on any atom is 0.234 e. The molecule has 0 aliphatic carbocycles. The topological polar surface area (TPSA) is 59.8 Å². The van der Waals surface area contributed by atoms with Gasteiger partial charge in [-0.05, 0) is 32.4 Å². The summed E-state index contributed by atoms with van der Waals surface area (Å²) in [5, 5.41) is 11.6. The minimum absolute atomic E-state index is 0.0393. The van der Waals surface area contributed by atoms with Crippen LogP contribution in [0.5, 0.6) is 0 Å². The number of nitrogens with one attached hydrogen (secondary N) is 1. The molecule has 0 spiro atoms. The number of thioether (sulfide) groups is 1. The molecular weight excluding hydrogens is 272 g/mol. The summed E-state index contributed by atoms with van der Waals surface area (Å²) in [5.74, 6) is 0.280. The Kier molecular flexibility index (Phi) is 4.79. The van der Waals surface area contributed by atoms with Crippen LogP contribution in [-0.2, 0) is 4.79 Å². The van der Waals surface area contributed by atoms with Gasteiger partial charge in [0.15, 0.2) is 5.16 Å². The number of hydrogen-bond acceptors (Lipinski definition) is 4. The predicted octanol–water partition coefficient (Wildman–Crippen LogP) is 2.90. The fraction of sp³-hybridized carbons (Fsp3) is 0.357. The van der Waals surface area contributed by atoms with E-state index in [0.29, 0.717) is 5.75 Å². The summed E-state index contributed by atoms with van der Waals surface area (Å²) in [6.07, 6.45) is 1.69. The van der Waals surface area contributed by atoms with Crippen molar-refractivity contribution >= 4 is 23.4 Å². The largest absolute Gasteiger partial charge is 0.325 e. The van der Waals surface area contributed by atoms with Crippen LogP contribution in [0.2, 0.25) is 0 Å². The maximum absolute atomic E-state index is 12.0. The van der Waals surface area contributed by atoms with Gasteiger partial charge in [0, 0.05) is 11.7 Å². The number of rotatable bonds is 5. The maximum atomic E-state index is 12.0. The number of hydrogen-bond donors (Lipinski definition) is 1. The number of carbonyl (C=O) groups excluding carboxylic acids is 1. The number of para-hydroxylation sites is 1. The number of aryl methyl sites for hydroxylation is 1. The average Bonchev–Trinajstić information content (AvgIpc) is 2.88. The average molecular weight is 290 g/mol. The molecule has 1 amide bonds. The van der Waals surface area contributed by atoms with E-state index in [1.165, 1.54) is 11.8 Å². The Morgan fingerprint density at radius 3 is 2.85 bits per heavy atom. The second-order valence-electron chi connectivity index (χ2n) is 4.77. The van der Waals surface area contributed by atoms with Gasteiger partial charge in [0.25, 0.3) is 0 Å². The molecule has 5 nitrogen and oxygen atoms in total. The quantitative estimate of drug-likeness (QED) is 0.860. The molecule has 0 atom stereocenters.